The highest BCUT2D eigenvalue weighted by atomic mass is 79.9. The number of piperazine rings is 1. The van der Waals surface area contributed by atoms with E-state index in [1.54, 1.807) is 51.1 Å². The number of nitrogens with zero attached hydrogens (tertiary/aromatic N) is 3. The number of carbonyl (C=O) groups is 3. The van der Waals surface area contributed by atoms with Crippen LogP contribution in [0.3, 0.4) is 0 Å². The summed E-state index contributed by atoms with van der Waals surface area (Å²) in [5, 5.41) is 4.75. The van der Waals surface area contributed by atoms with Crippen LogP contribution in [0.2, 0.25) is 0 Å². The number of pyridine rings is 1. The first-order valence-electron chi connectivity index (χ1n) is 13.5. The van der Waals surface area contributed by atoms with Crippen LogP contribution in [0.4, 0.5) is 18.0 Å². The van der Waals surface area contributed by atoms with E-state index in [-0.39, 0.29) is 46.0 Å². The molecule has 1 atom stereocenters. The monoisotopic (exact) mass is 665 g/mol. The SMILES string of the molecule is C=CCOC(=O)N1CCN(C(C)(C)C(=O)NCC(OCC)(OCC)c2cncc(Br)c2)C[C@H]1CC(=O)NCC(F)(F)F. The average molecular weight is 667 g/mol. The molecular formula is C27H39BrF3N5O6. The third kappa shape index (κ3) is 9.92. The van der Waals surface area contributed by atoms with E-state index in [9.17, 15) is 27.6 Å². The van der Waals surface area contributed by atoms with Gasteiger partial charge in [-0.25, -0.2) is 4.79 Å². The molecule has 0 radical (unpaired) electrons. The summed E-state index contributed by atoms with van der Waals surface area (Å²) in [6.45, 7) is 9.75. The Morgan fingerprint density at radius 3 is 2.36 bits per heavy atom. The Kier molecular flexibility index (Phi) is 13.2. The molecule has 0 bridgehead atoms. The van der Waals surface area contributed by atoms with E-state index in [0.717, 1.165) is 0 Å². The van der Waals surface area contributed by atoms with Crippen molar-refractivity contribution in [3.05, 3.63) is 41.2 Å². The Balaban J connectivity index is 2.23. The first-order valence-corrected chi connectivity index (χ1v) is 14.3. The number of carbonyl (C=O) groups excluding carboxylic acids is 3. The predicted molar refractivity (Wildman–Crippen MR) is 151 cm³/mol. The van der Waals surface area contributed by atoms with E-state index in [4.69, 9.17) is 14.2 Å². The number of amides is 3. The summed E-state index contributed by atoms with van der Waals surface area (Å²) < 4.78 is 55.7. The van der Waals surface area contributed by atoms with E-state index in [2.05, 4.69) is 32.8 Å². The van der Waals surface area contributed by atoms with Crippen molar-refractivity contribution >= 4 is 33.8 Å². The van der Waals surface area contributed by atoms with Gasteiger partial charge in [-0.2, -0.15) is 13.2 Å². The molecule has 1 aliphatic heterocycles. The Bertz CT molecular complexity index is 1080. The fraction of sp³-hybridized carbons (Fsp3) is 0.630. The lowest BCUT2D eigenvalue weighted by molar-refractivity contribution is -0.239. The number of halogens is 4. The molecule has 1 aliphatic rings. The van der Waals surface area contributed by atoms with Crippen LogP contribution in [0.15, 0.2) is 35.6 Å². The van der Waals surface area contributed by atoms with Crippen LogP contribution in [0.1, 0.15) is 39.7 Å². The molecule has 1 saturated heterocycles. The molecule has 1 aromatic heterocycles. The van der Waals surface area contributed by atoms with Crippen LogP contribution in [0.25, 0.3) is 0 Å². The van der Waals surface area contributed by atoms with Gasteiger partial charge >= 0.3 is 12.3 Å². The maximum absolute atomic E-state index is 13.6. The minimum absolute atomic E-state index is 0.0284. The molecule has 11 nitrogen and oxygen atoms in total. The highest BCUT2D eigenvalue weighted by Crippen LogP contribution is 2.29. The second kappa shape index (κ2) is 15.6. The third-order valence-electron chi connectivity index (χ3n) is 6.68. The maximum Gasteiger partial charge on any atom is 0.410 e. The molecular weight excluding hydrogens is 627 g/mol. The fourth-order valence-electron chi connectivity index (χ4n) is 4.53. The van der Waals surface area contributed by atoms with Crippen LogP contribution in [0.5, 0.6) is 0 Å². The van der Waals surface area contributed by atoms with E-state index in [1.807, 2.05) is 5.32 Å². The normalized spacial score (nSPS) is 16.6. The number of aromatic nitrogens is 1. The molecule has 2 heterocycles. The quantitative estimate of drug-likeness (QED) is 0.229. The number of hydrogen-bond acceptors (Lipinski definition) is 8. The van der Waals surface area contributed by atoms with Gasteiger partial charge in [0.15, 0.2) is 0 Å². The first kappa shape index (κ1) is 35.4. The van der Waals surface area contributed by atoms with Crippen molar-refractivity contribution in [2.45, 2.75) is 57.7 Å². The number of hydrogen-bond donors (Lipinski definition) is 2. The number of nitrogens with one attached hydrogen (secondary N) is 2. The zero-order chi connectivity index (χ0) is 31.6. The van der Waals surface area contributed by atoms with Gasteiger partial charge in [0.25, 0.3) is 0 Å². The van der Waals surface area contributed by atoms with Crippen molar-refractivity contribution in [3.8, 4) is 0 Å². The van der Waals surface area contributed by atoms with Gasteiger partial charge in [0.05, 0.1) is 18.1 Å². The predicted octanol–water partition coefficient (Wildman–Crippen LogP) is 3.34. The van der Waals surface area contributed by atoms with Crippen LogP contribution < -0.4 is 10.6 Å². The molecule has 0 spiro atoms. The maximum atomic E-state index is 13.6. The van der Waals surface area contributed by atoms with Gasteiger partial charge in [-0.3, -0.25) is 19.5 Å². The van der Waals surface area contributed by atoms with Gasteiger partial charge in [0, 0.05) is 61.7 Å². The fourth-order valence-corrected chi connectivity index (χ4v) is 4.90. The van der Waals surface area contributed by atoms with Crippen LogP contribution in [-0.4, -0.2) is 103 Å². The molecule has 15 heteroatoms. The van der Waals surface area contributed by atoms with Crippen molar-refractivity contribution in [1.29, 1.82) is 0 Å². The average Bonchev–Trinajstić information content (AvgIpc) is 2.93. The summed E-state index contributed by atoms with van der Waals surface area (Å²) >= 11 is 3.40. The molecule has 1 aromatic rings. The molecule has 42 heavy (non-hydrogen) atoms. The van der Waals surface area contributed by atoms with Crippen molar-refractivity contribution in [2.24, 2.45) is 0 Å². The zero-order valence-corrected chi connectivity index (χ0v) is 25.8. The van der Waals surface area contributed by atoms with Crippen molar-refractivity contribution in [1.82, 2.24) is 25.4 Å². The van der Waals surface area contributed by atoms with Crippen LogP contribution in [-0.2, 0) is 29.6 Å². The molecule has 1 fully saturated rings. The van der Waals surface area contributed by atoms with Crippen molar-refractivity contribution in [3.63, 3.8) is 0 Å². The van der Waals surface area contributed by atoms with Gasteiger partial charge in [0.1, 0.15) is 13.2 Å². The summed E-state index contributed by atoms with van der Waals surface area (Å²) in [7, 11) is 0. The Hall–Kier alpha value is -2.75. The second-order valence-electron chi connectivity index (χ2n) is 10.0. The number of ether oxygens (including phenoxy) is 3. The Morgan fingerprint density at radius 1 is 1.12 bits per heavy atom. The first-order chi connectivity index (χ1) is 19.7. The van der Waals surface area contributed by atoms with Gasteiger partial charge in [-0.1, -0.05) is 12.7 Å². The molecule has 0 aliphatic carbocycles. The Morgan fingerprint density at radius 2 is 1.79 bits per heavy atom. The van der Waals surface area contributed by atoms with E-state index in [1.165, 1.54) is 11.0 Å². The second-order valence-corrected chi connectivity index (χ2v) is 10.9. The van der Waals surface area contributed by atoms with Crippen LogP contribution in [0, 0.1) is 0 Å². The highest BCUT2D eigenvalue weighted by molar-refractivity contribution is 9.10. The van der Waals surface area contributed by atoms with E-state index < -0.39 is 54.4 Å². The molecule has 3 amide bonds. The third-order valence-corrected chi connectivity index (χ3v) is 7.11. The topological polar surface area (TPSA) is 122 Å². The summed E-state index contributed by atoms with van der Waals surface area (Å²) in [4.78, 5) is 45.9. The lowest BCUT2D eigenvalue weighted by Gasteiger charge is -2.46. The zero-order valence-electron chi connectivity index (χ0n) is 24.3. The largest absolute Gasteiger partial charge is 0.445 e. The summed E-state index contributed by atoms with van der Waals surface area (Å²) in [5.41, 5.74) is -0.562. The van der Waals surface area contributed by atoms with Gasteiger partial charge in [-0.15, -0.1) is 0 Å². The molecule has 236 valence electrons. The van der Waals surface area contributed by atoms with E-state index >= 15 is 0 Å². The number of rotatable bonds is 14. The molecule has 0 saturated carbocycles. The Labute approximate surface area is 252 Å². The summed E-state index contributed by atoms with van der Waals surface area (Å²) in [5.74, 6) is -2.60. The minimum atomic E-state index is -4.58. The lowest BCUT2D eigenvalue weighted by atomic mass is 9.96. The smallest absolute Gasteiger partial charge is 0.410 e. The van der Waals surface area contributed by atoms with Gasteiger partial charge < -0.3 is 29.7 Å². The molecule has 2 N–H and O–H groups in total. The van der Waals surface area contributed by atoms with Gasteiger partial charge in [-0.05, 0) is 49.7 Å². The van der Waals surface area contributed by atoms with Crippen LogP contribution >= 0.6 is 15.9 Å². The molecule has 2 rings (SSSR count). The highest BCUT2D eigenvalue weighted by Gasteiger charge is 2.43. The van der Waals surface area contributed by atoms with Gasteiger partial charge in [0.2, 0.25) is 17.6 Å². The summed E-state index contributed by atoms with van der Waals surface area (Å²) in [6.07, 6.45) is -1.15. The van der Waals surface area contributed by atoms with Crippen molar-refractivity contribution in [2.75, 3.05) is 52.5 Å². The molecule has 0 unspecified atom stereocenters. The standard InChI is InChI=1S/C27H39BrF3N5O6/c1-6-11-40-24(39)36-10-9-35(16-21(36)13-22(37)33-18-27(29,30)31)25(4,5)23(38)34-17-26(41-7-2,42-8-3)19-12-20(28)15-32-14-19/h6,12,14-15,21H,1,7-11,13,16-18H2,2-5H3,(H,33,37)(H,34,38)/t21-/m1/s1. The lowest BCUT2D eigenvalue weighted by Crippen LogP contribution is -2.65. The van der Waals surface area contributed by atoms with Crippen molar-refractivity contribution < 1.29 is 41.8 Å². The molecule has 0 aromatic carbocycles. The number of alkyl halides is 3. The minimum Gasteiger partial charge on any atom is -0.445 e. The summed E-state index contributed by atoms with van der Waals surface area (Å²) in [6, 6.07) is 0.935. The van der Waals surface area contributed by atoms with E-state index in [0.29, 0.717) is 10.0 Å².